The van der Waals surface area contributed by atoms with Gasteiger partial charge in [0.15, 0.2) is 5.75 Å². The van der Waals surface area contributed by atoms with Crippen molar-refractivity contribution in [2.24, 2.45) is 5.73 Å². The average molecular weight is 248 g/mol. The summed E-state index contributed by atoms with van der Waals surface area (Å²) in [6, 6.07) is 7.03. The van der Waals surface area contributed by atoms with Crippen molar-refractivity contribution in [2.75, 3.05) is 6.54 Å². The Bertz CT molecular complexity index is 385. The maximum atomic E-state index is 6.15. The zero-order chi connectivity index (χ0) is 13.1. The van der Waals surface area contributed by atoms with Gasteiger partial charge in [0.25, 0.3) is 0 Å². The average Bonchev–Trinajstić information content (AvgIpc) is 2.35. The molecule has 1 aliphatic rings. The Labute approximate surface area is 110 Å². The first-order valence-electron chi connectivity index (χ1n) is 6.88. The van der Waals surface area contributed by atoms with Crippen LogP contribution in [-0.4, -0.2) is 23.7 Å². The van der Waals surface area contributed by atoms with Gasteiger partial charge >= 0.3 is 0 Å². The molecule has 0 aliphatic carbocycles. The second kappa shape index (κ2) is 5.72. The van der Waals surface area contributed by atoms with Gasteiger partial charge < -0.3 is 10.6 Å². The molecule has 1 heterocycles. The number of hydrogen-bond acceptors (Lipinski definition) is 3. The van der Waals surface area contributed by atoms with E-state index in [1.54, 1.807) is 0 Å². The summed E-state index contributed by atoms with van der Waals surface area (Å²) in [6.45, 7) is 7.31. The van der Waals surface area contributed by atoms with Crippen LogP contribution in [0.4, 0.5) is 0 Å². The van der Waals surface area contributed by atoms with Gasteiger partial charge in [-0.1, -0.05) is 25.1 Å². The Morgan fingerprint density at radius 3 is 2.61 bits per heavy atom. The molecule has 2 rings (SSSR count). The molecule has 0 bridgehead atoms. The molecule has 0 radical (unpaired) electrons. The van der Waals surface area contributed by atoms with Crippen LogP contribution in [0.25, 0.3) is 0 Å². The molecule has 3 heteroatoms. The normalized spacial score (nSPS) is 25.1. The van der Waals surface area contributed by atoms with E-state index in [0.717, 1.165) is 31.6 Å². The molecule has 18 heavy (non-hydrogen) atoms. The van der Waals surface area contributed by atoms with Crippen molar-refractivity contribution in [3.8, 4) is 5.75 Å². The predicted molar refractivity (Wildman–Crippen MR) is 74.5 cm³/mol. The minimum absolute atomic E-state index is 0.327. The molecule has 1 fully saturated rings. The molecule has 1 aliphatic heterocycles. The van der Waals surface area contributed by atoms with E-state index in [1.165, 1.54) is 11.1 Å². The third-order valence-corrected chi connectivity index (χ3v) is 3.79. The summed E-state index contributed by atoms with van der Waals surface area (Å²) in [5.41, 5.74) is 8.42. The smallest absolute Gasteiger partial charge is 0.153 e. The fraction of sp³-hybridized carbons (Fsp3) is 0.600. The molecule has 3 nitrogen and oxygen atoms in total. The third-order valence-electron chi connectivity index (χ3n) is 3.79. The van der Waals surface area contributed by atoms with E-state index in [2.05, 4.69) is 44.0 Å². The summed E-state index contributed by atoms with van der Waals surface area (Å²) in [7, 11) is 0. The number of hydrogen-bond donors (Lipinski definition) is 1. The quantitative estimate of drug-likeness (QED) is 0.894. The second-order valence-electron chi connectivity index (χ2n) is 5.30. The summed E-state index contributed by atoms with van der Waals surface area (Å²) in [6.07, 6.45) is 3.13. The van der Waals surface area contributed by atoms with Crippen LogP contribution in [0.3, 0.4) is 0 Å². The van der Waals surface area contributed by atoms with Crippen LogP contribution >= 0.6 is 0 Å². The minimum Gasteiger partial charge on any atom is -0.405 e. The number of aryl methyl sites for hydroxylation is 2. The number of nitrogens with two attached hydrogens (primary N) is 1. The predicted octanol–water partition coefficient (Wildman–Crippen LogP) is 2.80. The van der Waals surface area contributed by atoms with Crippen molar-refractivity contribution in [1.82, 2.24) is 5.06 Å². The Morgan fingerprint density at radius 2 is 2.00 bits per heavy atom. The van der Waals surface area contributed by atoms with E-state index in [4.69, 9.17) is 10.6 Å². The molecular formula is C15H24N2O. The first-order chi connectivity index (χ1) is 8.61. The highest BCUT2D eigenvalue weighted by Gasteiger charge is 2.27. The van der Waals surface area contributed by atoms with E-state index in [-0.39, 0.29) is 0 Å². The van der Waals surface area contributed by atoms with Crippen molar-refractivity contribution in [2.45, 2.75) is 52.1 Å². The number of piperidine rings is 1. The Kier molecular flexibility index (Phi) is 4.25. The molecule has 0 saturated carbocycles. The van der Waals surface area contributed by atoms with E-state index in [1.807, 2.05) is 0 Å². The summed E-state index contributed by atoms with van der Waals surface area (Å²) in [5, 5.41) is 2.12. The van der Waals surface area contributed by atoms with E-state index in [9.17, 15) is 0 Å². The van der Waals surface area contributed by atoms with Crippen molar-refractivity contribution >= 4 is 0 Å². The van der Waals surface area contributed by atoms with Gasteiger partial charge in [-0.25, -0.2) is 0 Å². The van der Waals surface area contributed by atoms with Gasteiger partial charge in [-0.15, -0.1) is 5.06 Å². The third kappa shape index (κ3) is 2.85. The van der Waals surface area contributed by atoms with Crippen molar-refractivity contribution in [3.05, 3.63) is 29.3 Å². The maximum Gasteiger partial charge on any atom is 0.153 e. The lowest BCUT2D eigenvalue weighted by Gasteiger charge is -2.37. The van der Waals surface area contributed by atoms with Crippen LogP contribution in [0.15, 0.2) is 18.2 Å². The molecule has 0 aromatic heterocycles. The van der Waals surface area contributed by atoms with Crippen molar-refractivity contribution < 1.29 is 4.84 Å². The van der Waals surface area contributed by atoms with Crippen molar-refractivity contribution in [1.29, 1.82) is 0 Å². The van der Waals surface area contributed by atoms with Crippen LogP contribution < -0.4 is 10.6 Å². The topological polar surface area (TPSA) is 38.5 Å². The minimum atomic E-state index is 0.327. The summed E-state index contributed by atoms with van der Waals surface area (Å²) >= 11 is 0. The lowest BCUT2D eigenvalue weighted by Crippen LogP contribution is -2.48. The van der Waals surface area contributed by atoms with Gasteiger partial charge in [-0.3, -0.25) is 0 Å². The standard InChI is InChI=1S/C15H24N2O/c1-4-14-10-13(16)8-9-17(14)18-15-11(2)6-5-7-12(15)3/h5-7,13-14H,4,8-10,16H2,1-3H3. The van der Waals surface area contributed by atoms with E-state index >= 15 is 0 Å². The van der Waals surface area contributed by atoms with Gasteiger partial charge in [0.2, 0.25) is 0 Å². The van der Waals surface area contributed by atoms with Crippen LogP contribution in [0, 0.1) is 13.8 Å². The van der Waals surface area contributed by atoms with Gasteiger partial charge in [0.1, 0.15) is 0 Å². The van der Waals surface area contributed by atoms with Crippen LogP contribution in [0.5, 0.6) is 5.75 Å². The highest BCUT2D eigenvalue weighted by atomic mass is 16.7. The summed E-state index contributed by atoms with van der Waals surface area (Å²) in [4.78, 5) is 6.15. The largest absolute Gasteiger partial charge is 0.405 e. The first-order valence-corrected chi connectivity index (χ1v) is 6.88. The first kappa shape index (κ1) is 13.4. The monoisotopic (exact) mass is 248 g/mol. The lowest BCUT2D eigenvalue weighted by atomic mass is 9.98. The molecule has 1 aromatic carbocycles. The number of para-hydroxylation sites is 1. The molecule has 2 unspecified atom stereocenters. The zero-order valence-electron chi connectivity index (χ0n) is 11.6. The molecular weight excluding hydrogens is 224 g/mol. The fourth-order valence-electron chi connectivity index (χ4n) is 2.61. The number of rotatable bonds is 3. The zero-order valence-corrected chi connectivity index (χ0v) is 11.6. The lowest BCUT2D eigenvalue weighted by molar-refractivity contribution is -0.117. The van der Waals surface area contributed by atoms with Crippen molar-refractivity contribution in [3.63, 3.8) is 0 Å². The van der Waals surface area contributed by atoms with Gasteiger partial charge in [-0.2, -0.15) is 0 Å². The molecule has 1 saturated heterocycles. The fourth-order valence-corrected chi connectivity index (χ4v) is 2.61. The Hall–Kier alpha value is -1.06. The highest BCUT2D eigenvalue weighted by Crippen LogP contribution is 2.27. The Balaban J connectivity index is 2.12. The Morgan fingerprint density at radius 1 is 1.33 bits per heavy atom. The van der Waals surface area contributed by atoms with E-state index < -0.39 is 0 Å². The number of nitrogens with zero attached hydrogens (tertiary/aromatic N) is 1. The van der Waals surface area contributed by atoms with Crippen LogP contribution in [-0.2, 0) is 0 Å². The number of hydroxylamine groups is 2. The maximum absolute atomic E-state index is 6.15. The highest BCUT2D eigenvalue weighted by molar-refractivity contribution is 5.39. The SMILES string of the molecule is CCC1CC(N)CCN1Oc1c(C)cccc1C. The van der Waals surface area contributed by atoms with Crippen LogP contribution in [0.2, 0.25) is 0 Å². The van der Waals surface area contributed by atoms with Gasteiger partial charge in [-0.05, 0) is 44.2 Å². The molecule has 0 spiro atoms. The van der Waals surface area contributed by atoms with E-state index in [0.29, 0.717) is 12.1 Å². The van der Waals surface area contributed by atoms with Crippen LogP contribution in [0.1, 0.15) is 37.3 Å². The second-order valence-corrected chi connectivity index (χ2v) is 5.30. The molecule has 2 N–H and O–H groups in total. The molecule has 100 valence electrons. The summed E-state index contributed by atoms with van der Waals surface area (Å²) in [5.74, 6) is 1.01. The number of benzene rings is 1. The molecule has 0 amide bonds. The van der Waals surface area contributed by atoms with Gasteiger partial charge in [0, 0.05) is 18.6 Å². The molecule has 2 atom stereocenters. The summed E-state index contributed by atoms with van der Waals surface area (Å²) < 4.78 is 0. The van der Waals surface area contributed by atoms with Gasteiger partial charge in [0.05, 0.1) is 0 Å². The molecule has 1 aromatic rings.